The monoisotopic (exact) mass is 374 g/mol. The number of hydrogen-bond donors (Lipinski definition) is 0. The number of rotatable bonds is 3. The fourth-order valence-electron chi connectivity index (χ4n) is 3.18. The van der Waals surface area contributed by atoms with Gasteiger partial charge in [0.1, 0.15) is 5.82 Å². The van der Waals surface area contributed by atoms with Gasteiger partial charge in [-0.05, 0) is 47.6 Å². The minimum atomic E-state index is -0.285. The van der Waals surface area contributed by atoms with Crippen molar-refractivity contribution in [3.63, 3.8) is 0 Å². The van der Waals surface area contributed by atoms with E-state index in [1.807, 2.05) is 19.0 Å². The third kappa shape index (κ3) is 3.16. The quantitative estimate of drug-likeness (QED) is 0.702. The van der Waals surface area contributed by atoms with Crippen LogP contribution in [0.2, 0.25) is 0 Å². The third-order valence-corrected chi connectivity index (χ3v) is 5.76. The molecular weight excluding hydrogens is 355 g/mol. The van der Waals surface area contributed by atoms with Gasteiger partial charge in [0.05, 0.1) is 4.88 Å². The van der Waals surface area contributed by atoms with Crippen LogP contribution in [0.1, 0.15) is 34.3 Å². The Morgan fingerprint density at radius 2 is 2.08 bits per heavy atom. The Balaban J connectivity index is 1.43. The van der Waals surface area contributed by atoms with Gasteiger partial charge in [0.2, 0.25) is 5.89 Å². The number of anilines is 1. The SMILES string of the molecule is CN(C)c1noc(C2CCN(C(=O)c3cc4cc(F)ccc4s3)CC2)n1. The van der Waals surface area contributed by atoms with Crippen LogP contribution in [0.3, 0.4) is 0 Å². The molecule has 0 radical (unpaired) electrons. The van der Waals surface area contributed by atoms with Crippen LogP contribution in [-0.4, -0.2) is 48.1 Å². The molecule has 136 valence electrons. The van der Waals surface area contributed by atoms with Crippen molar-refractivity contribution in [3.8, 4) is 0 Å². The molecule has 0 atom stereocenters. The molecule has 1 amide bonds. The molecule has 0 bridgehead atoms. The van der Waals surface area contributed by atoms with Crippen LogP contribution < -0.4 is 4.90 Å². The number of amides is 1. The summed E-state index contributed by atoms with van der Waals surface area (Å²) in [7, 11) is 3.74. The van der Waals surface area contributed by atoms with Crippen LogP contribution in [0.15, 0.2) is 28.8 Å². The summed E-state index contributed by atoms with van der Waals surface area (Å²) in [6.07, 6.45) is 1.58. The van der Waals surface area contributed by atoms with E-state index in [-0.39, 0.29) is 17.6 Å². The van der Waals surface area contributed by atoms with Gasteiger partial charge in [0.25, 0.3) is 11.9 Å². The molecule has 3 aromatic rings. The number of hydrogen-bond acceptors (Lipinski definition) is 6. The molecular formula is C18H19FN4O2S. The average molecular weight is 374 g/mol. The lowest BCUT2D eigenvalue weighted by Gasteiger charge is -2.30. The van der Waals surface area contributed by atoms with Crippen LogP contribution in [-0.2, 0) is 0 Å². The second kappa shape index (κ2) is 6.68. The summed E-state index contributed by atoms with van der Waals surface area (Å²) in [4.78, 5) is 21.5. The van der Waals surface area contributed by atoms with Gasteiger partial charge in [-0.15, -0.1) is 11.3 Å². The van der Waals surface area contributed by atoms with Crippen LogP contribution in [0.5, 0.6) is 0 Å². The molecule has 1 fully saturated rings. The van der Waals surface area contributed by atoms with Crippen LogP contribution in [0.25, 0.3) is 10.1 Å². The van der Waals surface area contributed by atoms with Crippen molar-refractivity contribution >= 4 is 33.3 Å². The van der Waals surface area contributed by atoms with E-state index in [1.165, 1.54) is 23.5 Å². The fraction of sp³-hybridized carbons (Fsp3) is 0.389. The maximum absolute atomic E-state index is 13.3. The summed E-state index contributed by atoms with van der Waals surface area (Å²) in [5.74, 6) is 1.10. The molecule has 6 nitrogen and oxygen atoms in total. The minimum Gasteiger partial charge on any atom is -0.344 e. The largest absolute Gasteiger partial charge is 0.344 e. The van der Waals surface area contributed by atoms with E-state index < -0.39 is 0 Å². The van der Waals surface area contributed by atoms with Crippen molar-refractivity contribution in [2.75, 3.05) is 32.1 Å². The molecule has 0 N–H and O–H groups in total. The molecule has 0 saturated carbocycles. The molecule has 3 heterocycles. The summed E-state index contributed by atoms with van der Waals surface area (Å²) in [5.41, 5.74) is 0. The Kier molecular flexibility index (Phi) is 4.36. The molecule has 1 saturated heterocycles. The number of likely N-dealkylation sites (tertiary alicyclic amines) is 1. The third-order valence-electron chi connectivity index (χ3n) is 4.65. The highest BCUT2D eigenvalue weighted by atomic mass is 32.1. The number of benzene rings is 1. The Hall–Kier alpha value is -2.48. The van der Waals surface area contributed by atoms with Crippen molar-refractivity contribution in [2.24, 2.45) is 0 Å². The first-order chi connectivity index (χ1) is 12.5. The van der Waals surface area contributed by atoms with Crippen molar-refractivity contribution in [2.45, 2.75) is 18.8 Å². The predicted octanol–water partition coefficient (Wildman–Crippen LogP) is 3.51. The Morgan fingerprint density at radius 3 is 2.77 bits per heavy atom. The molecule has 8 heteroatoms. The van der Waals surface area contributed by atoms with E-state index in [9.17, 15) is 9.18 Å². The number of fused-ring (bicyclic) bond motifs is 1. The van der Waals surface area contributed by atoms with Gasteiger partial charge in [-0.25, -0.2) is 4.39 Å². The van der Waals surface area contributed by atoms with E-state index in [2.05, 4.69) is 10.1 Å². The predicted molar refractivity (Wildman–Crippen MR) is 98.3 cm³/mol. The Bertz CT molecular complexity index is 944. The highest BCUT2D eigenvalue weighted by Crippen LogP contribution is 2.31. The molecule has 4 rings (SSSR count). The number of carbonyl (C=O) groups is 1. The van der Waals surface area contributed by atoms with E-state index in [0.29, 0.717) is 29.8 Å². The van der Waals surface area contributed by atoms with Gasteiger partial charge in [0.15, 0.2) is 0 Å². The van der Waals surface area contributed by atoms with Gasteiger partial charge in [-0.2, -0.15) is 4.98 Å². The number of nitrogens with zero attached hydrogens (tertiary/aromatic N) is 4. The van der Waals surface area contributed by atoms with E-state index in [1.54, 1.807) is 17.0 Å². The molecule has 0 unspecified atom stereocenters. The lowest BCUT2D eigenvalue weighted by Crippen LogP contribution is -2.37. The van der Waals surface area contributed by atoms with Crippen molar-refractivity contribution in [3.05, 3.63) is 40.9 Å². The second-order valence-electron chi connectivity index (χ2n) is 6.69. The van der Waals surface area contributed by atoms with Crippen LogP contribution in [0.4, 0.5) is 10.3 Å². The van der Waals surface area contributed by atoms with E-state index in [0.717, 1.165) is 22.9 Å². The highest BCUT2D eigenvalue weighted by Gasteiger charge is 2.28. The molecule has 1 aliphatic rings. The molecule has 1 aromatic carbocycles. The smallest absolute Gasteiger partial charge is 0.265 e. The maximum Gasteiger partial charge on any atom is 0.265 e. The summed E-state index contributed by atoms with van der Waals surface area (Å²) in [6.45, 7) is 1.29. The number of aromatic nitrogens is 2. The van der Waals surface area contributed by atoms with Crippen LogP contribution >= 0.6 is 11.3 Å². The number of carbonyl (C=O) groups excluding carboxylic acids is 1. The minimum absolute atomic E-state index is 0.00423. The Morgan fingerprint density at radius 1 is 1.31 bits per heavy atom. The first-order valence-corrected chi connectivity index (χ1v) is 9.32. The zero-order valence-corrected chi connectivity index (χ0v) is 15.4. The van der Waals surface area contributed by atoms with Crippen molar-refractivity contribution in [1.82, 2.24) is 15.0 Å². The zero-order valence-electron chi connectivity index (χ0n) is 14.6. The first-order valence-electron chi connectivity index (χ1n) is 8.50. The molecule has 2 aromatic heterocycles. The summed E-state index contributed by atoms with van der Waals surface area (Å²) in [5, 5.41) is 4.73. The normalized spacial score (nSPS) is 15.6. The second-order valence-corrected chi connectivity index (χ2v) is 7.77. The van der Waals surface area contributed by atoms with Crippen molar-refractivity contribution in [1.29, 1.82) is 0 Å². The van der Waals surface area contributed by atoms with Gasteiger partial charge >= 0.3 is 0 Å². The zero-order chi connectivity index (χ0) is 18.3. The number of halogens is 1. The van der Waals surface area contributed by atoms with Gasteiger partial charge in [-0.1, -0.05) is 0 Å². The van der Waals surface area contributed by atoms with Crippen molar-refractivity contribution < 1.29 is 13.7 Å². The van der Waals surface area contributed by atoms with E-state index in [4.69, 9.17) is 4.52 Å². The average Bonchev–Trinajstić information content (AvgIpc) is 3.28. The Labute approximate surface area is 154 Å². The summed E-state index contributed by atoms with van der Waals surface area (Å²) in [6, 6.07) is 6.38. The lowest BCUT2D eigenvalue weighted by atomic mass is 9.96. The lowest BCUT2D eigenvalue weighted by molar-refractivity contribution is 0.0709. The standard InChI is InChI=1S/C18H19FN4O2S/c1-22(2)18-20-16(25-21-18)11-5-7-23(8-6-11)17(24)15-10-12-9-13(19)3-4-14(12)26-15/h3-4,9-11H,5-8H2,1-2H3. The van der Waals surface area contributed by atoms with Gasteiger partial charge in [0, 0.05) is 37.8 Å². The van der Waals surface area contributed by atoms with Crippen LogP contribution in [0, 0.1) is 5.82 Å². The number of thiophene rings is 1. The maximum atomic E-state index is 13.3. The topological polar surface area (TPSA) is 62.5 Å². The molecule has 26 heavy (non-hydrogen) atoms. The summed E-state index contributed by atoms with van der Waals surface area (Å²) >= 11 is 1.41. The van der Waals surface area contributed by atoms with Gasteiger partial charge < -0.3 is 14.3 Å². The highest BCUT2D eigenvalue weighted by molar-refractivity contribution is 7.20. The van der Waals surface area contributed by atoms with E-state index >= 15 is 0 Å². The van der Waals surface area contributed by atoms with Gasteiger partial charge in [-0.3, -0.25) is 4.79 Å². The number of piperidine rings is 1. The molecule has 0 aliphatic carbocycles. The first kappa shape index (κ1) is 17.0. The fourth-order valence-corrected chi connectivity index (χ4v) is 4.19. The summed E-state index contributed by atoms with van der Waals surface area (Å²) < 4.78 is 19.6. The molecule has 0 spiro atoms. The molecule has 1 aliphatic heterocycles.